The molecule has 0 amide bonds. The zero-order valence-corrected chi connectivity index (χ0v) is 18.2. The molecule has 2 heterocycles. The van der Waals surface area contributed by atoms with Gasteiger partial charge in [-0.1, -0.05) is 35.9 Å². The van der Waals surface area contributed by atoms with E-state index in [0.29, 0.717) is 17.9 Å². The van der Waals surface area contributed by atoms with Crippen molar-refractivity contribution in [2.24, 2.45) is 7.05 Å². The van der Waals surface area contributed by atoms with Crippen LogP contribution in [0.4, 0.5) is 0 Å². The third kappa shape index (κ3) is 3.74. The Morgan fingerprint density at radius 1 is 1.13 bits per heavy atom. The number of nitrogens with zero attached hydrogens (tertiary/aromatic N) is 2. The molecule has 0 spiro atoms. The quantitative estimate of drug-likeness (QED) is 0.390. The van der Waals surface area contributed by atoms with Crippen LogP contribution < -0.4 is 0 Å². The van der Waals surface area contributed by atoms with Crippen LogP contribution in [-0.4, -0.2) is 22.6 Å². The maximum absolute atomic E-state index is 12.4. The number of carbonyl (C=O) groups is 1. The van der Waals surface area contributed by atoms with Gasteiger partial charge in [0.25, 0.3) is 0 Å². The number of pyridine rings is 1. The van der Waals surface area contributed by atoms with Gasteiger partial charge in [-0.25, -0.2) is 4.79 Å². The number of esters is 1. The van der Waals surface area contributed by atoms with Crippen molar-refractivity contribution in [2.45, 2.75) is 32.1 Å². The third-order valence-corrected chi connectivity index (χ3v) is 6.23. The molecule has 1 fully saturated rings. The van der Waals surface area contributed by atoms with Gasteiger partial charge < -0.3 is 9.30 Å². The van der Waals surface area contributed by atoms with Gasteiger partial charge in [0, 0.05) is 42.3 Å². The van der Waals surface area contributed by atoms with E-state index < -0.39 is 0 Å². The first kappa shape index (κ1) is 19.6. The molecule has 0 aliphatic heterocycles. The third-order valence-electron chi connectivity index (χ3n) is 6.23. The molecule has 2 aromatic heterocycles. The Morgan fingerprint density at radius 2 is 1.90 bits per heavy atom. The minimum atomic E-state index is -0.314. The van der Waals surface area contributed by atoms with Crippen molar-refractivity contribution < 1.29 is 9.53 Å². The molecule has 4 heteroatoms. The van der Waals surface area contributed by atoms with Crippen LogP contribution in [0, 0.1) is 6.92 Å². The molecule has 4 aromatic rings. The van der Waals surface area contributed by atoms with E-state index in [0.717, 1.165) is 16.8 Å². The number of benzene rings is 2. The van der Waals surface area contributed by atoms with Gasteiger partial charge in [-0.05, 0) is 60.6 Å². The largest absolute Gasteiger partial charge is 0.465 e. The summed E-state index contributed by atoms with van der Waals surface area (Å²) in [5.41, 5.74) is 8.47. The zero-order chi connectivity index (χ0) is 21.5. The Bertz CT molecular complexity index is 1280. The zero-order valence-electron chi connectivity index (χ0n) is 18.2. The first-order valence-corrected chi connectivity index (χ1v) is 10.8. The van der Waals surface area contributed by atoms with Crippen LogP contribution in [-0.2, 0) is 18.2 Å². The van der Waals surface area contributed by atoms with E-state index in [1.807, 2.05) is 12.3 Å². The molecule has 5 rings (SSSR count). The Labute approximate surface area is 182 Å². The monoisotopic (exact) mass is 410 g/mol. The lowest BCUT2D eigenvalue weighted by Gasteiger charge is -2.10. The number of methoxy groups -OCH3 is 1. The molecule has 0 radical (unpaired) electrons. The highest BCUT2D eigenvalue weighted by molar-refractivity contribution is 5.96. The number of aromatic nitrogens is 2. The maximum Gasteiger partial charge on any atom is 0.339 e. The van der Waals surface area contributed by atoms with Gasteiger partial charge in [0.15, 0.2) is 0 Å². The van der Waals surface area contributed by atoms with Crippen LogP contribution in [0.15, 0.2) is 60.9 Å². The molecule has 0 unspecified atom stereocenters. The van der Waals surface area contributed by atoms with Gasteiger partial charge in [0.2, 0.25) is 0 Å². The summed E-state index contributed by atoms with van der Waals surface area (Å²) in [7, 11) is 3.51. The van der Waals surface area contributed by atoms with Crippen molar-refractivity contribution >= 4 is 16.9 Å². The SMILES string of the molecule is COC(=O)c1cc(C2CC2)cnc1Cc1ccc2c(c1)c(-c1ccc(C)cc1)cn2C. The number of fused-ring (bicyclic) bond motifs is 1. The Balaban J connectivity index is 1.55. The van der Waals surface area contributed by atoms with E-state index in [1.54, 1.807) is 0 Å². The van der Waals surface area contributed by atoms with Crippen molar-refractivity contribution in [1.82, 2.24) is 9.55 Å². The average Bonchev–Trinajstić information content (AvgIpc) is 3.58. The molecule has 1 saturated carbocycles. The fourth-order valence-electron chi connectivity index (χ4n) is 4.28. The second-order valence-corrected chi connectivity index (χ2v) is 8.58. The van der Waals surface area contributed by atoms with Crippen LogP contribution in [0.2, 0.25) is 0 Å². The molecule has 31 heavy (non-hydrogen) atoms. The van der Waals surface area contributed by atoms with Crippen molar-refractivity contribution in [3.05, 3.63) is 88.9 Å². The Kier molecular flexibility index (Phi) is 4.85. The number of aryl methyl sites for hydroxylation is 2. The summed E-state index contributed by atoms with van der Waals surface area (Å²) < 4.78 is 7.21. The lowest BCUT2D eigenvalue weighted by atomic mass is 9.99. The highest BCUT2D eigenvalue weighted by atomic mass is 16.5. The normalized spacial score (nSPS) is 13.5. The van der Waals surface area contributed by atoms with E-state index in [9.17, 15) is 4.79 Å². The molecule has 156 valence electrons. The predicted octanol–water partition coefficient (Wildman–Crippen LogP) is 5.80. The molecule has 2 aromatic carbocycles. The number of rotatable bonds is 5. The molecular formula is C27H26N2O2. The number of hydrogen-bond acceptors (Lipinski definition) is 3. The summed E-state index contributed by atoms with van der Waals surface area (Å²) in [6.45, 7) is 2.10. The summed E-state index contributed by atoms with van der Waals surface area (Å²) in [5.74, 6) is 0.230. The maximum atomic E-state index is 12.4. The van der Waals surface area contributed by atoms with Crippen molar-refractivity contribution in [3.63, 3.8) is 0 Å². The fourth-order valence-corrected chi connectivity index (χ4v) is 4.28. The van der Waals surface area contributed by atoms with Gasteiger partial charge >= 0.3 is 5.97 Å². The van der Waals surface area contributed by atoms with Crippen LogP contribution in [0.3, 0.4) is 0 Å². The van der Waals surface area contributed by atoms with E-state index >= 15 is 0 Å². The van der Waals surface area contributed by atoms with E-state index in [2.05, 4.69) is 72.2 Å². The first-order chi connectivity index (χ1) is 15.0. The van der Waals surface area contributed by atoms with E-state index in [4.69, 9.17) is 4.74 Å². The predicted molar refractivity (Wildman–Crippen MR) is 123 cm³/mol. The van der Waals surface area contributed by atoms with Crippen molar-refractivity contribution in [1.29, 1.82) is 0 Å². The number of ether oxygens (including phenoxy) is 1. The van der Waals surface area contributed by atoms with Gasteiger partial charge in [-0.3, -0.25) is 4.98 Å². The highest BCUT2D eigenvalue weighted by Gasteiger charge is 2.26. The van der Waals surface area contributed by atoms with Gasteiger partial charge in [0.05, 0.1) is 18.4 Å². The van der Waals surface area contributed by atoms with Crippen LogP contribution in [0.1, 0.15) is 51.5 Å². The average molecular weight is 411 g/mol. The smallest absolute Gasteiger partial charge is 0.339 e. The summed E-state index contributed by atoms with van der Waals surface area (Å²) in [6.07, 6.45) is 7.05. The van der Waals surface area contributed by atoms with Gasteiger partial charge in [0.1, 0.15) is 0 Å². The van der Waals surface area contributed by atoms with E-state index in [1.165, 1.54) is 47.5 Å². The summed E-state index contributed by atoms with van der Waals surface area (Å²) in [6, 6.07) is 17.1. The second-order valence-electron chi connectivity index (χ2n) is 8.58. The van der Waals surface area contributed by atoms with Crippen LogP contribution in [0.5, 0.6) is 0 Å². The molecule has 4 nitrogen and oxygen atoms in total. The van der Waals surface area contributed by atoms with Crippen LogP contribution >= 0.6 is 0 Å². The molecule has 0 saturated heterocycles. The van der Waals surface area contributed by atoms with Crippen LogP contribution in [0.25, 0.3) is 22.0 Å². The molecule has 0 bridgehead atoms. The Hall–Kier alpha value is -3.40. The fraction of sp³-hybridized carbons (Fsp3) is 0.259. The lowest BCUT2D eigenvalue weighted by molar-refractivity contribution is 0.0599. The standard InChI is InChI=1S/C27H26N2O2/c1-17-4-7-20(8-5-17)24-16-29(2)26-11-6-18(12-22(24)26)13-25-23(27(30)31-3)14-21(15-28-25)19-9-10-19/h4-8,11-12,14-16,19H,9-10,13H2,1-3H3. The molecule has 1 aliphatic rings. The number of carbonyl (C=O) groups excluding carboxylic acids is 1. The summed E-state index contributed by atoms with van der Waals surface area (Å²) >= 11 is 0. The Morgan fingerprint density at radius 3 is 2.61 bits per heavy atom. The molecular weight excluding hydrogens is 384 g/mol. The highest BCUT2D eigenvalue weighted by Crippen LogP contribution is 2.40. The van der Waals surface area contributed by atoms with E-state index in [-0.39, 0.29) is 5.97 Å². The molecule has 0 N–H and O–H groups in total. The van der Waals surface area contributed by atoms with Gasteiger partial charge in [-0.15, -0.1) is 0 Å². The molecule has 0 atom stereocenters. The van der Waals surface area contributed by atoms with Crippen molar-refractivity contribution in [2.75, 3.05) is 7.11 Å². The lowest BCUT2D eigenvalue weighted by Crippen LogP contribution is -2.09. The van der Waals surface area contributed by atoms with Gasteiger partial charge in [-0.2, -0.15) is 0 Å². The molecule has 1 aliphatic carbocycles. The minimum Gasteiger partial charge on any atom is -0.465 e. The topological polar surface area (TPSA) is 44.1 Å². The minimum absolute atomic E-state index is 0.314. The second kappa shape index (κ2) is 7.69. The summed E-state index contributed by atoms with van der Waals surface area (Å²) in [4.78, 5) is 17.1. The van der Waals surface area contributed by atoms with Crippen molar-refractivity contribution in [3.8, 4) is 11.1 Å². The first-order valence-electron chi connectivity index (χ1n) is 10.8. The summed E-state index contributed by atoms with van der Waals surface area (Å²) in [5, 5.41) is 1.21. The number of hydrogen-bond donors (Lipinski definition) is 0.